The molecule has 0 aliphatic rings. The van der Waals surface area contributed by atoms with E-state index >= 15 is 0 Å². The van der Waals surface area contributed by atoms with Crippen LogP contribution in [0.5, 0.6) is 0 Å². The number of sulfonamides is 2. The fourth-order valence-electron chi connectivity index (χ4n) is 2.00. The molecule has 11 nitrogen and oxygen atoms in total. The van der Waals surface area contributed by atoms with E-state index in [2.05, 4.69) is 0 Å². The van der Waals surface area contributed by atoms with Gasteiger partial charge in [0.1, 0.15) is 26.3 Å². The maximum Gasteiger partial charge on any atom is 0.295 e. The van der Waals surface area contributed by atoms with E-state index in [0.29, 0.717) is 18.2 Å². The van der Waals surface area contributed by atoms with E-state index in [9.17, 15) is 42.5 Å². The average molecular weight is 493 g/mol. The summed E-state index contributed by atoms with van der Waals surface area (Å²) in [6.45, 7) is 0. The zero-order valence-corrected chi connectivity index (χ0v) is 16.8. The predicted molar refractivity (Wildman–Crippen MR) is 89.9 cm³/mol. The van der Waals surface area contributed by atoms with Crippen LogP contribution in [0.4, 0.5) is 8.78 Å². The highest BCUT2D eigenvalue weighted by atomic mass is 32.3. The Kier molecular flexibility index (Phi) is 5.89. The molecule has 0 aliphatic carbocycles. The third kappa shape index (κ3) is 5.13. The van der Waals surface area contributed by atoms with Crippen LogP contribution in [0.1, 0.15) is 0 Å². The Labute approximate surface area is 163 Å². The van der Waals surface area contributed by atoms with Gasteiger partial charge in [-0.15, -0.1) is 4.13 Å². The first-order chi connectivity index (χ1) is 12.9. The van der Waals surface area contributed by atoms with Crippen LogP contribution in [0.15, 0.2) is 56.0 Å². The van der Waals surface area contributed by atoms with Crippen LogP contribution < -0.4 is 4.13 Å². The van der Waals surface area contributed by atoms with E-state index < -0.39 is 71.5 Å². The molecule has 0 radical (unpaired) electrons. The number of hydrogen-bond acceptors (Lipinski definition) is 8. The van der Waals surface area contributed by atoms with Crippen molar-refractivity contribution in [1.29, 1.82) is 0 Å². The van der Waals surface area contributed by atoms with Crippen molar-refractivity contribution in [2.45, 2.75) is 19.6 Å². The largest absolute Gasteiger partial charge is 0.295 e. The monoisotopic (exact) mass is 493 g/mol. The minimum atomic E-state index is -5.45. The number of halogens is 2. The van der Waals surface area contributed by atoms with E-state index in [0.717, 1.165) is 4.13 Å². The Hall–Kier alpha value is -2.02. The van der Waals surface area contributed by atoms with Gasteiger partial charge in [0.2, 0.25) is 0 Å². The van der Waals surface area contributed by atoms with Crippen LogP contribution in [-0.2, 0) is 40.3 Å². The quantitative estimate of drug-likeness (QED) is 0.466. The smallest absolute Gasteiger partial charge is 0.282 e. The van der Waals surface area contributed by atoms with Gasteiger partial charge >= 0.3 is 0 Å². The average Bonchev–Trinajstić information content (AvgIpc) is 2.51. The van der Waals surface area contributed by atoms with E-state index in [1.165, 1.54) is 0 Å². The molecule has 0 amide bonds. The Bertz CT molecular complexity index is 1420. The van der Waals surface area contributed by atoms with Crippen molar-refractivity contribution in [3.63, 3.8) is 0 Å². The number of nitrogens with one attached hydrogen (secondary N) is 1. The van der Waals surface area contributed by atoms with Gasteiger partial charge < -0.3 is 0 Å². The second-order valence-electron chi connectivity index (χ2n) is 5.22. The second-order valence-corrected chi connectivity index (χ2v) is 11.6. The molecule has 0 atom stereocenters. The van der Waals surface area contributed by atoms with E-state index in [1.54, 1.807) is 0 Å². The first-order valence-corrected chi connectivity index (χ1v) is 12.6. The number of rotatable bonds is 6. The second kappa shape index (κ2) is 7.35. The van der Waals surface area contributed by atoms with Crippen molar-refractivity contribution in [3.05, 3.63) is 48.0 Å². The summed E-state index contributed by atoms with van der Waals surface area (Å²) in [5.74, 6) is -2.83. The summed E-state index contributed by atoms with van der Waals surface area (Å²) in [5.41, 5.74) is 0. The Morgan fingerprint density at radius 1 is 0.655 bits per heavy atom. The number of benzene rings is 2. The highest BCUT2D eigenvalue weighted by molar-refractivity contribution is 8.05. The molecule has 2 aromatic rings. The lowest BCUT2D eigenvalue weighted by atomic mass is 10.3. The van der Waals surface area contributed by atoms with Gasteiger partial charge in [0.25, 0.3) is 40.3 Å². The molecule has 0 aromatic heterocycles. The van der Waals surface area contributed by atoms with Crippen molar-refractivity contribution in [3.8, 4) is 0 Å². The Morgan fingerprint density at radius 2 is 1.17 bits per heavy atom. The van der Waals surface area contributed by atoms with Crippen molar-refractivity contribution in [2.75, 3.05) is 0 Å². The Morgan fingerprint density at radius 3 is 1.66 bits per heavy atom. The summed E-state index contributed by atoms with van der Waals surface area (Å²) in [7, 11) is -21.1. The molecule has 0 aliphatic heterocycles. The molecule has 0 spiro atoms. The molecule has 160 valence electrons. The van der Waals surface area contributed by atoms with Crippen LogP contribution in [0.3, 0.4) is 0 Å². The highest BCUT2D eigenvalue weighted by Gasteiger charge is 2.32. The maximum absolute atomic E-state index is 13.7. The molecule has 0 saturated carbocycles. The van der Waals surface area contributed by atoms with E-state index in [-0.39, 0.29) is 18.2 Å². The molecule has 2 rings (SSSR count). The summed E-state index contributed by atoms with van der Waals surface area (Å²) < 4.78 is 140. The summed E-state index contributed by atoms with van der Waals surface area (Å²) in [6, 6.07) is 1.78. The summed E-state index contributed by atoms with van der Waals surface area (Å²) in [5, 5.41) is 0. The van der Waals surface area contributed by atoms with E-state index in [1.807, 2.05) is 0 Å². The van der Waals surface area contributed by atoms with Gasteiger partial charge in [-0.05, 0) is 30.3 Å². The summed E-state index contributed by atoms with van der Waals surface area (Å²) >= 11 is 0. The zero-order chi connectivity index (χ0) is 22.4. The van der Waals surface area contributed by atoms with Crippen LogP contribution >= 0.6 is 0 Å². The molecule has 0 heterocycles. The first kappa shape index (κ1) is 23.3. The van der Waals surface area contributed by atoms with Crippen LogP contribution in [0, 0.1) is 11.6 Å². The summed E-state index contributed by atoms with van der Waals surface area (Å²) in [6.07, 6.45) is 0. The van der Waals surface area contributed by atoms with Gasteiger partial charge in [-0.3, -0.25) is 9.11 Å². The van der Waals surface area contributed by atoms with Crippen LogP contribution in [0.25, 0.3) is 0 Å². The maximum atomic E-state index is 13.7. The first-order valence-electron chi connectivity index (χ1n) is 6.78. The van der Waals surface area contributed by atoms with Gasteiger partial charge in [0.05, 0.1) is 4.90 Å². The molecule has 17 heteroatoms. The lowest BCUT2D eigenvalue weighted by Crippen LogP contribution is -2.32. The molecular weight excluding hydrogens is 484 g/mol. The van der Waals surface area contributed by atoms with Gasteiger partial charge in [-0.25, -0.2) is 25.6 Å². The lowest BCUT2D eigenvalue weighted by Gasteiger charge is -2.12. The lowest BCUT2D eigenvalue weighted by molar-refractivity contribution is 0.477. The third-order valence-electron chi connectivity index (χ3n) is 3.18. The van der Waals surface area contributed by atoms with Gasteiger partial charge in [-0.1, -0.05) is 0 Å². The minimum absolute atomic E-state index is 0.0598. The predicted octanol–water partition coefficient (Wildman–Crippen LogP) is 0.125. The minimum Gasteiger partial charge on any atom is -0.282 e. The zero-order valence-electron chi connectivity index (χ0n) is 13.5. The molecule has 2 aromatic carbocycles. The molecular formula is C12H9F2NO10S4. The van der Waals surface area contributed by atoms with Crippen LogP contribution in [-0.4, -0.2) is 42.8 Å². The summed E-state index contributed by atoms with van der Waals surface area (Å²) in [4.78, 5) is -5.45. The van der Waals surface area contributed by atoms with Crippen LogP contribution in [0.2, 0.25) is 0 Å². The molecule has 3 N–H and O–H groups in total. The molecule has 0 unspecified atom stereocenters. The molecule has 0 saturated heterocycles. The number of hydrogen-bond donors (Lipinski definition) is 3. The standard InChI is InChI=1S/C12H9F2NO10S4/c13-7-1-3-10(9(14)5-7)26(16,17)15-27(18,19)11-4-2-8(28(20,21)22)6-12(11)29(23,24)25/h1-6,15H,(H,20,21,22)(H,23,24,25). The van der Waals surface area contributed by atoms with E-state index in [4.69, 9.17) is 9.11 Å². The Balaban J connectivity index is 2.67. The highest BCUT2D eigenvalue weighted by Crippen LogP contribution is 2.26. The van der Waals surface area contributed by atoms with Crippen molar-refractivity contribution < 1.29 is 51.6 Å². The fraction of sp³-hybridized carbons (Fsp3) is 0. The van der Waals surface area contributed by atoms with Gasteiger partial charge in [0, 0.05) is 6.07 Å². The molecule has 29 heavy (non-hydrogen) atoms. The van der Waals surface area contributed by atoms with Crippen molar-refractivity contribution >= 4 is 40.3 Å². The van der Waals surface area contributed by atoms with Crippen molar-refractivity contribution in [1.82, 2.24) is 4.13 Å². The van der Waals surface area contributed by atoms with Gasteiger partial charge in [-0.2, -0.15) is 16.8 Å². The fourth-order valence-corrected chi connectivity index (χ4v) is 6.83. The van der Waals surface area contributed by atoms with Crippen molar-refractivity contribution in [2.24, 2.45) is 0 Å². The third-order valence-corrected chi connectivity index (χ3v) is 8.66. The molecule has 0 bridgehead atoms. The van der Waals surface area contributed by atoms with Gasteiger partial charge in [0.15, 0.2) is 0 Å². The normalized spacial score (nSPS) is 13.4. The molecule has 0 fully saturated rings. The topological polar surface area (TPSA) is 189 Å². The SMILES string of the molecule is O=S(=O)(O)c1ccc(S(=O)(=O)NS(=O)(=O)c2ccc(F)cc2F)c(S(=O)(=O)O)c1.